The van der Waals surface area contributed by atoms with Crippen molar-refractivity contribution in [2.75, 3.05) is 19.4 Å². The number of nitrogens with one attached hydrogen (secondary N) is 1. The summed E-state index contributed by atoms with van der Waals surface area (Å²) in [4.78, 5) is 38.5. The predicted molar refractivity (Wildman–Crippen MR) is 110 cm³/mol. The molecule has 0 fully saturated rings. The van der Waals surface area contributed by atoms with Gasteiger partial charge in [-0.1, -0.05) is 36.4 Å². The standard InChI is InChI=1S/C22H26N2O5/c1-22(2,3)29-21(27)23-17-13-9-12-16(14-17)20(26)28-18(19(25)24(4)5)15-10-7-6-8-11-15/h6-14,18H,1-5H3,(H,23,27)/t18-/m0/s1. The van der Waals surface area contributed by atoms with Crippen LogP contribution < -0.4 is 5.32 Å². The molecule has 29 heavy (non-hydrogen) atoms. The number of nitrogens with zero attached hydrogens (tertiary/aromatic N) is 1. The van der Waals surface area contributed by atoms with Gasteiger partial charge in [-0.25, -0.2) is 9.59 Å². The molecule has 1 N–H and O–H groups in total. The summed E-state index contributed by atoms with van der Waals surface area (Å²) in [5.41, 5.74) is 0.508. The first-order valence-electron chi connectivity index (χ1n) is 9.14. The van der Waals surface area contributed by atoms with E-state index >= 15 is 0 Å². The van der Waals surface area contributed by atoms with Gasteiger partial charge in [-0.2, -0.15) is 0 Å². The highest BCUT2D eigenvalue weighted by molar-refractivity contribution is 5.94. The molecule has 2 aromatic rings. The maximum Gasteiger partial charge on any atom is 0.412 e. The molecule has 1 atom stereocenters. The Bertz CT molecular complexity index is 872. The molecule has 7 nitrogen and oxygen atoms in total. The maximum atomic E-state index is 12.7. The summed E-state index contributed by atoms with van der Waals surface area (Å²) in [6.07, 6.45) is -1.70. The monoisotopic (exact) mass is 398 g/mol. The van der Waals surface area contributed by atoms with Crippen molar-refractivity contribution >= 4 is 23.7 Å². The predicted octanol–water partition coefficient (Wildman–Crippen LogP) is 4.02. The number of hydrogen-bond donors (Lipinski definition) is 1. The van der Waals surface area contributed by atoms with Crippen LogP contribution in [0.25, 0.3) is 0 Å². The van der Waals surface area contributed by atoms with Gasteiger partial charge >= 0.3 is 12.1 Å². The minimum absolute atomic E-state index is 0.200. The van der Waals surface area contributed by atoms with Gasteiger partial charge in [0.15, 0.2) is 0 Å². The molecule has 0 aliphatic heterocycles. The molecule has 0 saturated heterocycles. The van der Waals surface area contributed by atoms with Crippen LogP contribution in [0.1, 0.15) is 42.8 Å². The summed E-state index contributed by atoms with van der Waals surface area (Å²) < 4.78 is 10.7. The summed E-state index contributed by atoms with van der Waals surface area (Å²) in [5.74, 6) is -1.03. The average molecular weight is 398 g/mol. The van der Waals surface area contributed by atoms with E-state index in [-0.39, 0.29) is 11.5 Å². The number of hydrogen-bond acceptors (Lipinski definition) is 5. The molecule has 0 unspecified atom stereocenters. The Balaban J connectivity index is 2.18. The molecular formula is C22H26N2O5. The summed E-state index contributed by atoms with van der Waals surface area (Å²) >= 11 is 0. The summed E-state index contributed by atoms with van der Waals surface area (Å²) in [5, 5.41) is 2.58. The molecule has 2 rings (SSSR count). The van der Waals surface area contributed by atoms with Crippen molar-refractivity contribution in [3.8, 4) is 0 Å². The van der Waals surface area contributed by atoms with Gasteiger partial charge in [0.25, 0.3) is 5.91 Å². The Hall–Kier alpha value is -3.35. The van der Waals surface area contributed by atoms with Gasteiger partial charge in [0.2, 0.25) is 6.10 Å². The number of rotatable bonds is 5. The fourth-order valence-electron chi connectivity index (χ4n) is 2.44. The third kappa shape index (κ3) is 6.64. The molecule has 0 heterocycles. The molecule has 7 heteroatoms. The van der Waals surface area contributed by atoms with Crippen molar-refractivity contribution in [1.29, 1.82) is 0 Å². The van der Waals surface area contributed by atoms with Crippen molar-refractivity contribution in [2.24, 2.45) is 0 Å². The number of likely N-dealkylation sites (N-methyl/N-ethyl adjacent to an activating group) is 1. The van der Waals surface area contributed by atoms with E-state index < -0.39 is 23.8 Å². The van der Waals surface area contributed by atoms with Crippen LogP contribution in [0.4, 0.5) is 10.5 Å². The minimum atomic E-state index is -1.07. The molecule has 0 aliphatic rings. The van der Waals surface area contributed by atoms with Crippen LogP contribution in [0.5, 0.6) is 0 Å². The lowest BCUT2D eigenvalue weighted by Crippen LogP contribution is -2.31. The molecule has 2 amide bonds. The molecule has 0 radical (unpaired) electrons. The second-order valence-electron chi connectivity index (χ2n) is 7.64. The van der Waals surface area contributed by atoms with E-state index in [1.807, 2.05) is 6.07 Å². The van der Waals surface area contributed by atoms with E-state index in [9.17, 15) is 14.4 Å². The molecular weight excluding hydrogens is 372 g/mol. The van der Waals surface area contributed by atoms with E-state index in [4.69, 9.17) is 9.47 Å². The van der Waals surface area contributed by atoms with Crippen LogP contribution in [0.3, 0.4) is 0 Å². The second-order valence-corrected chi connectivity index (χ2v) is 7.64. The number of carbonyl (C=O) groups excluding carboxylic acids is 3. The number of ether oxygens (including phenoxy) is 2. The quantitative estimate of drug-likeness (QED) is 0.769. The first-order chi connectivity index (χ1) is 13.6. The van der Waals surface area contributed by atoms with Crippen LogP contribution >= 0.6 is 0 Å². The van der Waals surface area contributed by atoms with Crippen LogP contribution in [-0.4, -0.2) is 42.6 Å². The topological polar surface area (TPSA) is 84.9 Å². The summed E-state index contributed by atoms with van der Waals surface area (Å²) in [6, 6.07) is 15.0. The van der Waals surface area contributed by atoms with E-state index in [1.165, 1.54) is 11.0 Å². The van der Waals surface area contributed by atoms with Gasteiger partial charge in [0.1, 0.15) is 5.60 Å². The van der Waals surface area contributed by atoms with Gasteiger partial charge in [-0.05, 0) is 39.0 Å². The van der Waals surface area contributed by atoms with Gasteiger partial charge in [-0.15, -0.1) is 0 Å². The Labute approximate surface area is 170 Å². The third-order valence-electron chi connectivity index (χ3n) is 3.74. The lowest BCUT2D eigenvalue weighted by molar-refractivity contribution is -0.138. The van der Waals surface area contributed by atoms with Gasteiger partial charge in [0.05, 0.1) is 5.56 Å². The normalized spacial score (nSPS) is 11.9. The lowest BCUT2D eigenvalue weighted by Gasteiger charge is -2.21. The number of esters is 1. The first kappa shape index (κ1) is 21.9. The van der Waals surface area contributed by atoms with E-state index in [1.54, 1.807) is 77.3 Å². The number of amides is 2. The molecule has 154 valence electrons. The zero-order chi connectivity index (χ0) is 21.6. The van der Waals surface area contributed by atoms with Crippen LogP contribution in [0.2, 0.25) is 0 Å². The fourth-order valence-corrected chi connectivity index (χ4v) is 2.44. The van der Waals surface area contributed by atoms with Gasteiger partial charge < -0.3 is 14.4 Å². The molecule has 0 bridgehead atoms. The van der Waals surface area contributed by atoms with Crippen LogP contribution in [0.15, 0.2) is 54.6 Å². The van der Waals surface area contributed by atoms with Crippen LogP contribution in [-0.2, 0) is 14.3 Å². The zero-order valence-electron chi connectivity index (χ0n) is 17.3. The Morgan fingerprint density at radius 3 is 2.21 bits per heavy atom. The molecule has 0 spiro atoms. The number of carbonyl (C=O) groups is 3. The fraction of sp³-hybridized carbons (Fsp3) is 0.318. The van der Waals surface area contributed by atoms with E-state index in [0.29, 0.717) is 11.3 Å². The lowest BCUT2D eigenvalue weighted by atomic mass is 10.1. The van der Waals surface area contributed by atoms with Crippen molar-refractivity contribution < 1.29 is 23.9 Å². The Kier molecular flexibility index (Phi) is 6.98. The largest absolute Gasteiger partial charge is 0.444 e. The second kappa shape index (κ2) is 9.23. The molecule has 0 aliphatic carbocycles. The van der Waals surface area contributed by atoms with Gasteiger partial charge in [0, 0.05) is 25.3 Å². The average Bonchev–Trinajstić information content (AvgIpc) is 2.64. The molecule has 0 aromatic heterocycles. The van der Waals surface area contributed by atoms with Crippen molar-refractivity contribution in [3.05, 3.63) is 65.7 Å². The Morgan fingerprint density at radius 2 is 1.62 bits per heavy atom. The van der Waals surface area contributed by atoms with Crippen molar-refractivity contribution in [1.82, 2.24) is 4.90 Å². The van der Waals surface area contributed by atoms with Crippen molar-refractivity contribution in [3.63, 3.8) is 0 Å². The first-order valence-corrected chi connectivity index (χ1v) is 9.14. The Morgan fingerprint density at radius 1 is 0.966 bits per heavy atom. The molecule has 2 aromatic carbocycles. The highest BCUT2D eigenvalue weighted by Gasteiger charge is 2.27. The van der Waals surface area contributed by atoms with Gasteiger partial charge in [-0.3, -0.25) is 10.1 Å². The third-order valence-corrected chi connectivity index (χ3v) is 3.74. The number of anilines is 1. The SMILES string of the molecule is CN(C)C(=O)[C@@H](OC(=O)c1cccc(NC(=O)OC(C)(C)C)c1)c1ccccc1. The zero-order valence-corrected chi connectivity index (χ0v) is 17.3. The van der Waals surface area contributed by atoms with Crippen molar-refractivity contribution in [2.45, 2.75) is 32.5 Å². The van der Waals surface area contributed by atoms with E-state index in [0.717, 1.165) is 0 Å². The molecule has 0 saturated carbocycles. The summed E-state index contributed by atoms with van der Waals surface area (Å²) in [7, 11) is 3.19. The van der Waals surface area contributed by atoms with Crippen LogP contribution in [0, 0.1) is 0 Å². The maximum absolute atomic E-state index is 12.7. The minimum Gasteiger partial charge on any atom is -0.444 e. The number of benzene rings is 2. The smallest absolute Gasteiger partial charge is 0.412 e. The summed E-state index contributed by atoms with van der Waals surface area (Å²) in [6.45, 7) is 5.27. The van der Waals surface area contributed by atoms with E-state index in [2.05, 4.69) is 5.32 Å². The highest BCUT2D eigenvalue weighted by atomic mass is 16.6. The highest BCUT2D eigenvalue weighted by Crippen LogP contribution is 2.22.